The molecular weight excluding hydrogens is 1080 g/mol. The zero-order valence-corrected chi connectivity index (χ0v) is 53.8. The fourth-order valence-electron chi connectivity index (χ4n) is 11.0. The average molecular weight is 1210 g/mol. The second-order valence-corrected chi connectivity index (χ2v) is 24.3. The summed E-state index contributed by atoms with van der Waals surface area (Å²) in [6.07, 6.45) is 57.2. The maximum atomic E-state index is 13.2. The fraction of sp³-hybridized carbons (Fsp3) is 0.845. The molecule has 11 atom stereocenters. The lowest BCUT2D eigenvalue weighted by atomic mass is 9.98. The molecule has 0 amide bonds. The van der Waals surface area contributed by atoms with Crippen molar-refractivity contribution in [2.45, 2.75) is 351 Å². The second kappa shape index (κ2) is 56.9. The standard InChI is InChI=1S/C71H128O14/c1-3-5-7-9-11-13-15-17-19-21-23-25-27-29-31-33-35-37-39-41-43-45-47-49-51-53-55-80-57-60(58-81-70-69(79)67(77)65(75)62(85-70)59-82-71-68(78)66(76)64(74)61(56-72)84-71)83-63(73)54-52-50-48-46-44-42-40-38-36-34-32-30-28-26-24-22-20-18-16-14-12-10-8-6-4-2/h5,7,11,13,17,19,23,25,29,31,60-62,64-72,74-79H,3-4,6,8-10,12,14-16,18,20-22,24,26-28,30,32-59H2,1-2H3/b7-5-,13-11-,19-17-,25-23-,31-29-. The van der Waals surface area contributed by atoms with Crippen molar-refractivity contribution in [3.63, 3.8) is 0 Å². The van der Waals surface area contributed by atoms with Gasteiger partial charge in [-0.05, 0) is 57.8 Å². The molecule has 496 valence electrons. The first-order valence-corrected chi connectivity index (χ1v) is 34.9. The molecular formula is C71H128O14. The first kappa shape index (κ1) is 78.8. The van der Waals surface area contributed by atoms with Gasteiger partial charge in [-0.25, -0.2) is 0 Å². The molecule has 0 spiro atoms. The van der Waals surface area contributed by atoms with E-state index in [1.807, 2.05) is 0 Å². The molecule has 0 aromatic rings. The van der Waals surface area contributed by atoms with E-state index in [0.717, 1.165) is 77.0 Å². The van der Waals surface area contributed by atoms with Gasteiger partial charge in [0.2, 0.25) is 0 Å². The maximum absolute atomic E-state index is 13.2. The summed E-state index contributed by atoms with van der Waals surface area (Å²) >= 11 is 0. The molecule has 2 aliphatic rings. The number of allylic oxidation sites excluding steroid dienone is 10. The van der Waals surface area contributed by atoms with Crippen molar-refractivity contribution >= 4 is 5.97 Å². The van der Waals surface area contributed by atoms with Gasteiger partial charge in [0.15, 0.2) is 12.6 Å². The molecule has 0 aromatic carbocycles. The molecule has 7 N–H and O–H groups in total. The van der Waals surface area contributed by atoms with Crippen molar-refractivity contribution in [2.24, 2.45) is 0 Å². The van der Waals surface area contributed by atoms with E-state index in [0.29, 0.717) is 13.0 Å². The van der Waals surface area contributed by atoms with Crippen LogP contribution in [-0.2, 0) is 33.2 Å². The third kappa shape index (κ3) is 42.3. The summed E-state index contributed by atoms with van der Waals surface area (Å²) in [4.78, 5) is 13.2. The number of esters is 1. The van der Waals surface area contributed by atoms with Crippen LogP contribution in [0.4, 0.5) is 0 Å². The van der Waals surface area contributed by atoms with Crippen LogP contribution in [0.25, 0.3) is 0 Å². The van der Waals surface area contributed by atoms with Crippen molar-refractivity contribution in [2.75, 3.05) is 33.0 Å². The molecule has 0 radical (unpaired) electrons. The van der Waals surface area contributed by atoms with E-state index in [4.69, 9.17) is 28.4 Å². The Hall–Kier alpha value is -2.31. The van der Waals surface area contributed by atoms with Gasteiger partial charge in [0.1, 0.15) is 54.9 Å². The lowest BCUT2D eigenvalue weighted by molar-refractivity contribution is -0.332. The molecule has 0 saturated carbocycles. The van der Waals surface area contributed by atoms with Crippen LogP contribution in [0.3, 0.4) is 0 Å². The quantitative estimate of drug-likeness (QED) is 0.0171. The lowest BCUT2D eigenvalue weighted by Gasteiger charge is -2.42. The Morgan fingerprint density at radius 1 is 0.400 bits per heavy atom. The molecule has 14 heteroatoms. The summed E-state index contributed by atoms with van der Waals surface area (Å²) in [5.41, 5.74) is 0. The molecule has 2 heterocycles. The molecule has 2 saturated heterocycles. The Labute approximate surface area is 517 Å². The first-order valence-electron chi connectivity index (χ1n) is 34.9. The van der Waals surface area contributed by atoms with Crippen LogP contribution in [-0.4, -0.2) is 142 Å². The van der Waals surface area contributed by atoms with E-state index in [2.05, 4.69) is 74.6 Å². The number of unbranched alkanes of at least 4 members (excludes halogenated alkanes) is 34. The Morgan fingerprint density at radius 3 is 1.20 bits per heavy atom. The van der Waals surface area contributed by atoms with Gasteiger partial charge in [-0.15, -0.1) is 0 Å². The van der Waals surface area contributed by atoms with E-state index in [1.165, 1.54) is 180 Å². The number of rotatable bonds is 58. The molecule has 0 aliphatic carbocycles. The summed E-state index contributed by atoms with van der Waals surface area (Å²) < 4.78 is 34.6. The van der Waals surface area contributed by atoms with Gasteiger partial charge in [0, 0.05) is 13.0 Å². The molecule has 2 aliphatic heterocycles. The largest absolute Gasteiger partial charge is 0.457 e. The Kier molecular flexibility index (Phi) is 52.7. The Morgan fingerprint density at radius 2 is 0.765 bits per heavy atom. The molecule has 0 aromatic heterocycles. The Balaban J connectivity index is 1.64. The minimum absolute atomic E-state index is 0.0595. The molecule has 2 rings (SSSR count). The number of ether oxygens (including phenoxy) is 6. The third-order valence-corrected chi connectivity index (χ3v) is 16.5. The average Bonchev–Trinajstić information content (AvgIpc) is 2.82. The van der Waals surface area contributed by atoms with Crippen molar-refractivity contribution in [3.8, 4) is 0 Å². The normalized spacial score (nSPS) is 23.5. The third-order valence-electron chi connectivity index (χ3n) is 16.5. The van der Waals surface area contributed by atoms with Crippen molar-refractivity contribution in [1.82, 2.24) is 0 Å². The van der Waals surface area contributed by atoms with Crippen molar-refractivity contribution in [1.29, 1.82) is 0 Å². The topological polar surface area (TPSA) is 214 Å². The molecule has 2 fully saturated rings. The smallest absolute Gasteiger partial charge is 0.306 e. The van der Waals surface area contributed by atoms with Crippen LogP contribution < -0.4 is 0 Å². The number of aliphatic hydroxyl groups is 7. The predicted octanol–water partition coefficient (Wildman–Crippen LogP) is 14.8. The van der Waals surface area contributed by atoms with Crippen LogP contribution in [0, 0.1) is 0 Å². The summed E-state index contributed by atoms with van der Waals surface area (Å²) in [5.74, 6) is -0.372. The molecule has 0 bridgehead atoms. The fourth-order valence-corrected chi connectivity index (χ4v) is 11.0. The predicted molar refractivity (Wildman–Crippen MR) is 344 cm³/mol. The van der Waals surface area contributed by atoms with Crippen molar-refractivity contribution < 1.29 is 69.0 Å². The highest BCUT2D eigenvalue weighted by molar-refractivity contribution is 5.69. The molecule has 11 unspecified atom stereocenters. The summed E-state index contributed by atoms with van der Waals surface area (Å²) in [6, 6.07) is 0. The number of carbonyl (C=O) groups excluding carboxylic acids is 1. The first-order chi connectivity index (χ1) is 41.6. The van der Waals surface area contributed by atoms with Gasteiger partial charge in [0.05, 0.1) is 26.4 Å². The van der Waals surface area contributed by atoms with Gasteiger partial charge < -0.3 is 64.2 Å². The number of hydrogen-bond donors (Lipinski definition) is 7. The van der Waals surface area contributed by atoms with Crippen LogP contribution >= 0.6 is 0 Å². The Bertz CT molecular complexity index is 1640. The number of carbonyl (C=O) groups is 1. The summed E-state index contributed by atoms with van der Waals surface area (Å²) in [7, 11) is 0. The maximum Gasteiger partial charge on any atom is 0.306 e. The summed E-state index contributed by atoms with van der Waals surface area (Å²) in [6.45, 7) is 3.62. The van der Waals surface area contributed by atoms with E-state index < -0.39 is 80.7 Å². The molecule has 14 nitrogen and oxygen atoms in total. The van der Waals surface area contributed by atoms with Gasteiger partial charge in [-0.1, -0.05) is 280 Å². The minimum Gasteiger partial charge on any atom is -0.457 e. The highest BCUT2D eigenvalue weighted by Gasteiger charge is 2.47. The summed E-state index contributed by atoms with van der Waals surface area (Å²) in [5, 5.41) is 72.6. The second-order valence-electron chi connectivity index (χ2n) is 24.3. The van der Waals surface area contributed by atoms with Gasteiger partial charge in [0.25, 0.3) is 0 Å². The SMILES string of the molecule is CC/C=C\C/C=C\C/C=C\C/C=C\C/C=C\CCCCCCCCCCCCOCC(COC1OC(COC2OC(CO)C(O)C(O)C2O)C(O)C(O)C1O)OC(=O)CCCCCCCCCCCCCCCCCCCCCCCCCCC. The molecule has 85 heavy (non-hydrogen) atoms. The van der Waals surface area contributed by atoms with E-state index in [1.54, 1.807) is 0 Å². The van der Waals surface area contributed by atoms with E-state index >= 15 is 0 Å². The van der Waals surface area contributed by atoms with Gasteiger partial charge >= 0.3 is 5.97 Å². The van der Waals surface area contributed by atoms with E-state index in [9.17, 15) is 40.5 Å². The van der Waals surface area contributed by atoms with Gasteiger partial charge in [-0.3, -0.25) is 4.79 Å². The highest BCUT2D eigenvalue weighted by Crippen LogP contribution is 2.27. The van der Waals surface area contributed by atoms with Crippen molar-refractivity contribution in [3.05, 3.63) is 60.8 Å². The monoisotopic (exact) mass is 1200 g/mol. The van der Waals surface area contributed by atoms with Crippen LogP contribution in [0.2, 0.25) is 0 Å². The van der Waals surface area contributed by atoms with E-state index in [-0.39, 0.29) is 25.6 Å². The zero-order valence-electron chi connectivity index (χ0n) is 53.8. The van der Waals surface area contributed by atoms with Crippen LogP contribution in [0.15, 0.2) is 60.8 Å². The lowest BCUT2D eigenvalue weighted by Crippen LogP contribution is -2.61. The number of aliphatic hydroxyl groups excluding tert-OH is 7. The van der Waals surface area contributed by atoms with Gasteiger partial charge in [-0.2, -0.15) is 0 Å². The number of hydrogen-bond acceptors (Lipinski definition) is 14. The van der Waals surface area contributed by atoms with Crippen LogP contribution in [0.5, 0.6) is 0 Å². The van der Waals surface area contributed by atoms with Crippen LogP contribution in [0.1, 0.15) is 284 Å². The zero-order chi connectivity index (χ0) is 61.5. The highest BCUT2D eigenvalue weighted by atomic mass is 16.7. The minimum atomic E-state index is -1.71.